The molecule has 4 N–H and O–H groups in total. The van der Waals surface area contributed by atoms with Crippen LogP contribution in [0.15, 0.2) is 35.5 Å². The lowest BCUT2D eigenvalue weighted by molar-refractivity contribution is -0.147. The van der Waals surface area contributed by atoms with Crippen LogP contribution in [-0.4, -0.2) is 45.1 Å². The third-order valence-corrected chi connectivity index (χ3v) is 3.54. The van der Waals surface area contributed by atoms with Crippen molar-refractivity contribution in [3.63, 3.8) is 0 Å². The standard InChI is InChI=1S/C18H28O6/c1-12(8-13(2)9-14(3)10-17(21)22)6-4-5-7-16(20)15(11-19)18(23)24/h4,6,9-10,12,15-16,19-20H,5,7-8,11H2,1-3H3,(H,21,22)(H,23,24). The summed E-state index contributed by atoms with van der Waals surface area (Å²) in [6, 6.07) is 0. The first-order valence-electron chi connectivity index (χ1n) is 7.94. The van der Waals surface area contributed by atoms with Crippen LogP contribution in [0.1, 0.15) is 40.0 Å². The summed E-state index contributed by atoms with van der Waals surface area (Å²) >= 11 is 0. The molecule has 0 heterocycles. The first-order valence-corrected chi connectivity index (χ1v) is 7.94. The van der Waals surface area contributed by atoms with Crippen LogP contribution < -0.4 is 0 Å². The Morgan fingerprint density at radius 1 is 1.12 bits per heavy atom. The van der Waals surface area contributed by atoms with Gasteiger partial charge in [0.25, 0.3) is 0 Å². The Hall–Kier alpha value is -1.92. The van der Waals surface area contributed by atoms with E-state index in [0.29, 0.717) is 12.0 Å². The van der Waals surface area contributed by atoms with Crippen LogP contribution in [0.2, 0.25) is 0 Å². The summed E-state index contributed by atoms with van der Waals surface area (Å²) < 4.78 is 0. The Morgan fingerprint density at radius 3 is 2.25 bits per heavy atom. The number of carbonyl (C=O) groups is 2. The topological polar surface area (TPSA) is 115 Å². The lowest BCUT2D eigenvalue weighted by Crippen LogP contribution is -2.31. The second-order valence-corrected chi connectivity index (χ2v) is 6.10. The summed E-state index contributed by atoms with van der Waals surface area (Å²) in [6.45, 7) is 5.11. The Balaban J connectivity index is 4.35. The molecule has 0 aromatic heterocycles. The van der Waals surface area contributed by atoms with Gasteiger partial charge in [0.1, 0.15) is 5.92 Å². The number of aliphatic hydroxyl groups excluding tert-OH is 2. The van der Waals surface area contributed by atoms with Crippen molar-refractivity contribution in [2.24, 2.45) is 11.8 Å². The van der Waals surface area contributed by atoms with Gasteiger partial charge >= 0.3 is 11.9 Å². The molecule has 6 nitrogen and oxygen atoms in total. The lowest BCUT2D eigenvalue weighted by atomic mass is 9.97. The third-order valence-electron chi connectivity index (χ3n) is 3.54. The van der Waals surface area contributed by atoms with Crippen LogP contribution in [0.25, 0.3) is 0 Å². The highest BCUT2D eigenvalue weighted by Crippen LogP contribution is 2.16. The van der Waals surface area contributed by atoms with E-state index in [1.54, 1.807) is 6.92 Å². The van der Waals surface area contributed by atoms with E-state index in [9.17, 15) is 14.7 Å². The molecule has 0 amide bonds. The van der Waals surface area contributed by atoms with Crippen molar-refractivity contribution >= 4 is 11.9 Å². The van der Waals surface area contributed by atoms with Gasteiger partial charge in [-0.1, -0.05) is 30.7 Å². The van der Waals surface area contributed by atoms with Gasteiger partial charge in [-0.15, -0.1) is 0 Å². The van der Waals surface area contributed by atoms with Crippen molar-refractivity contribution < 1.29 is 30.0 Å². The summed E-state index contributed by atoms with van der Waals surface area (Å²) in [5.41, 5.74) is 1.75. The number of aliphatic hydroxyl groups is 2. The lowest BCUT2D eigenvalue weighted by Gasteiger charge is -2.15. The highest BCUT2D eigenvalue weighted by Gasteiger charge is 2.24. The SMILES string of the molecule is CC(=CC(=O)O)C=C(C)CC(C)C=CCCC(O)C(CO)C(=O)O. The van der Waals surface area contributed by atoms with Crippen molar-refractivity contribution in [3.8, 4) is 0 Å². The van der Waals surface area contributed by atoms with E-state index in [1.807, 2.05) is 32.1 Å². The van der Waals surface area contributed by atoms with Gasteiger partial charge in [-0.3, -0.25) is 4.79 Å². The maximum Gasteiger partial charge on any atom is 0.328 e. The summed E-state index contributed by atoms with van der Waals surface area (Å²) in [7, 11) is 0. The Kier molecular flexibility index (Phi) is 10.7. The van der Waals surface area contributed by atoms with Crippen molar-refractivity contribution in [1.29, 1.82) is 0 Å². The van der Waals surface area contributed by atoms with Gasteiger partial charge in [0.15, 0.2) is 0 Å². The second-order valence-electron chi connectivity index (χ2n) is 6.10. The average molecular weight is 340 g/mol. The Bertz CT molecular complexity index is 504. The molecule has 136 valence electrons. The fraction of sp³-hybridized carbons (Fsp3) is 0.556. The predicted molar refractivity (Wildman–Crippen MR) is 91.5 cm³/mol. The molecule has 24 heavy (non-hydrogen) atoms. The molecule has 0 bridgehead atoms. The molecule has 3 atom stereocenters. The maximum absolute atomic E-state index is 10.8. The minimum Gasteiger partial charge on any atom is -0.481 e. The van der Waals surface area contributed by atoms with E-state index in [-0.39, 0.29) is 12.3 Å². The molecule has 0 aromatic rings. The molecule has 0 aromatic carbocycles. The molecular weight excluding hydrogens is 312 g/mol. The van der Waals surface area contributed by atoms with Crippen LogP contribution in [0, 0.1) is 11.8 Å². The molecule has 0 rings (SSSR count). The second kappa shape index (κ2) is 11.6. The van der Waals surface area contributed by atoms with E-state index < -0.39 is 30.6 Å². The van der Waals surface area contributed by atoms with E-state index in [4.69, 9.17) is 15.3 Å². The molecule has 0 fully saturated rings. The summed E-state index contributed by atoms with van der Waals surface area (Å²) in [6.07, 6.45) is 7.36. The number of rotatable bonds is 11. The van der Waals surface area contributed by atoms with E-state index in [2.05, 4.69) is 0 Å². The number of hydrogen-bond acceptors (Lipinski definition) is 4. The first kappa shape index (κ1) is 22.1. The summed E-state index contributed by atoms with van der Waals surface area (Å²) in [5.74, 6) is -3.08. The van der Waals surface area contributed by atoms with Crippen LogP contribution in [-0.2, 0) is 9.59 Å². The number of carboxylic acids is 2. The number of allylic oxidation sites excluding steroid dienone is 5. The molecule has 0 radical (unpaired) electrons. The zero-order valence-electron chi connectivity index (χ0n) is 14.5. The van der Waals surface area contributed by atoms with Crippen molar-refractivity contribution in [2.75, 3.05) is 6.61 Å². The molecule has 0 aliphatic carbocycles. The van der Waals surface area contributed by atoms with Gasteiger partial charge in [-0.25, -0.2) is 4.79 Å². The van der Waals surface area contributed by atoms with Crippen LogP contribution in [0.4, 0.5) is 0 Å². The molecule has 0 aliphatic rings. The van der Waals surface area contributed by atoms with Gasteiger partial charge in [0.05, 0.1) is 12.7 Å². The quantitative estimate of drug-likeness (QED) is 0.261. The smallest absolute Gasteiger partial charge is 0.328 e. The fourth-order valence-corrected chi connectivity index (χ4v) is 2.42. The van der Waals surface area contributed by atoms with Gasteiger partial charge in [-0.2, -0.15) is 0 Å². The first-order chi connectivity index (χ1) is 11.2. The van der Waals surface area contributed by atoms with E-state index >= 15 is 0 Å². The Morgan fingerprint density at radius 2 is 1.75 bits per heavy atom. The minimum absolute atomic E-state index is 0.240. The molecule has 3 unspecified atom stereocenters. The van der Waals surface area contributed by atoms with Crippen LogP contribution >= 0.6 is 0 Å². The van der Waals surface area contributed by atoms with Gasteiger partial charge in [-0.05, 0) is 44.6 Å². The van der Waals surface area contributed by atoms with Gasteiger partial charge < -0.3 is 20.4 Å². The zero-order chi connectivity index (χ0) is 18.7. The van der Waals surface area contributed by atoms with Gasteiger partial charge in [0, 0.05) is 6.08 Å². The van der Waals surface area contributed by atoms with E-state index in [1.165, 1.54) is 0 Å². The van der Waals surface area contributed by atoms with Crippen LogP contribution in [0.3, 0.4) is 0 Å². The molecule has 0 saturated carbocycles. The van der Waals surface area contributed by atoms with Crippen molar-refractivity contribution in [2.45, 2.75) is 46.1 Å². The Labute approximate surface area is 142 Å². The highest BCUT2D eigenvalue weighted by atomic mass is 16.4. The molecular formula is C18H28O6. The van der Waals surface area contributed by atoms with E-state index in [0.717, 1.165) is 18.1 Å². The number of carboxylic acid groups (broad SMARTS) is 2. The number of aliphatic carboxylic acids is 2. The van der Waals surface area contributed by atoms with Gasteiger partial charge in [0.2, 0.25) is 0 Å². The zero-order valence-corrected chi connectivity index (χ0v) is 14.5. The molecule has 6 heteroatoms. The van der Waals surface area contributed by atoms with Crippen molar-refractivity contribution in [3.05, 3.63) is 35.5 Å². The third kappa shape index (κ3) is 9.97. The normalized spacial score (nSPS) is 16.9. The monoisotopic (exact) mass is 340 g/mol. The number of hydrogen-bond donors (Lipinski definition) is 4. The van der Waals surface area contributed by atoms with Crippen LogP contribution in [0.5, 0.6) is 0 Å². The maximum atomic E-state index is 10.8. The predicted octanol–water partition coefficient (Wildman–Crippen LogP) is 2.38. The molecule has 0 spiro atoms. The highest BCUT2D eigenvalue weighted by molar-refractivity contribution is 5.81. The molecule has 0 saturated heterocycles. The molecule has 0 aliphatic heterocycles. The minimum atomic E-state index is -1.20. The largest absolute Gasteiger partial charge is 0.481 e. The fourth-order valence-electron chi connectivity index (χ4n) is 2.42. The summed E-state index contributed by atoms with van der Waals surface area (Å²) in [5, 5.41) is 36.2. The average Bonchev–Trinajstić information content (AvgIpc) is 2.42. The summed E-state index contributed by atoms with van der Waals surface area (Å²) in [4.78, 5) is 21.4. The van der Waals surface area contributed by atoms with Crippen molar-refractivity contribution in [1.82, 2.24) is 0 Å².